The number of anilines is 3. The van der Waals surface area contributed by atoms with E-state index in [-0.39, 0.29) is 0 Å². The van der Waals surface area contributed by atoms with Crippen molar-refractivity contribution in [2.45, 2.75) is 0 Å². The number of para-hydroxylation sites is 1. The third-order valence-electron chi connectivity index (χ3n) is 9.89. The highest BCUT2D eigenvalue weighted by atomic mass is 32.1. The molecule has 0 N–H and O–H groups in total. The molecular formula is C48H31NOS. The highest BCUT2D eigenvalue weighted by molar-refractivity contribution is 7.26. The second kappa shape index (κ2) is 12.2. The van der Waals surface area contributed by atoms with Crippen LogP contribution in [0.2, 0.25) is 0 Å². The lowest BCUT2D eigenvalue weighted by atomic mass is 9.92. The fourth-order valence-corrected chi connectivity index (χ4v) is 8.69. The Kier molecular flexibility index (Phi) is 7.04. The Labute approximate surface area is 300 Å². The van der Waals surface area contributed by atoms with Crippen molar-refractivity contribution in [3.05, 3.63) is 188 Å². The number of hydrogen-bond acceptors (Lipinski definition) is 3. The van der Waals surface area contributed by atoms with Crippen LogP contribution in [-0.4, -0.2) is 0 Å². The molecule has 0 amide bonds. The van der Waals surface area contributed by atoms with Crippen LogP contribution in [0.5, 0.6) is 0 Å². The highest BCUT2D eigenvalue weighted by Gasteiger charge is 2.20. The van der Waals surface area contributed by atoms with Gasteiger partial charge in [-0.3, -0.25) is 0 Å². The van der Waals surface area contributed by atoms with Crippen molar-refractivity contribution >= 4 is 70.5 Å². The number of nitrogens with zero attached hydrogens (tertiary/aromatic N) is 1. The van der Waals surface area contributed by atoms with Gasteiger partial charge in [-0.2, -0.15) is 0 Å². The van der Waals surface area contributed by atoms with Crippen LogP contribution in [0, 0.1) is 0 Å². The first-order valence-electron chi connectivity index (χ1n) is 17.3. The van der Waals surface area contributed by atoms with E-state index in [4.69, 9.17) is 4.42 Å². The van der Waals surface area contributed by atoms with E-state index in [9.17, 15) is 0 Å². The normalized spacial score (nSPS) is 11.5. The van der Waals surface area contributed by atoms with E-state index >= 15 is 0 Å². The van der Waals surface area contributed by atoms with Gasteiger partial charge in [0, 0.05) is 59.6 Å². The molecule has 10 rings (SSSR count). The molecule has 0 bridgehead atoms. The van der Waals surface area contributed by atoms with Crippen molar-refractivity contribution < 1.29 is 4.42 Å². The van der Waals surface area contributed by atoms with Gasteiger partial charge in [0.2, 0.25) is 0 Å². The molecule has 0 saturated heterocycles. The predicted molar refractivity (Wildman–Crippen MR) is 218 cm³/mol. The first kappa shape index (κ1) is 29.5. The summed E-state index contributed by atoms with van der Waals surface area (Å²) in [6.45, 7) is 0. The van der Waals surface area contributed by atoms with Crippen LogP contribution >= 0.6 is 11.3 Å². The first-order chi connectivity index (χ1) is 25.3. The molecule has 0 fully saturated rings. The van der Waals surface area contributed by atoms with Crippen molar-refractivity contribution in [1.82, 2.24) is 0 Å². The molecule has 0 aliphatic heterocycles. The van der Waals surface area contributed by atoms with E-state index in [2.05, 4.69) is 181 Å². The standard InChI is InChI=1S/C48H31NOS/c1-3-12-32(13-4-1)33-22-24-35(25-23-33)49(37-27-29-40-39-16-7-9-20-45(39)50-46(40)31-37)36-26-28-38(34-14-5-2-6-15-34)44(30-36)43-19-11-18-42-41-17-8-10-21-47(41)51-48(42)43/h1-31H. The van der Waals surface area contributed by atoms with E-state index in [1.54, 1.807) is 0 Å². The number of benzene rings is 8. The largest absolute Gasteiger partial charge is 0.456 e. The van der Waals surface area contributed by atoms with Crippen LogP contribution in [0.4, 0.5) is 17.1 Å². The Morgan fingerprint density at radius 2 is 0.961 bits per heavy atom. The maximum atomic E-state index is 6.41. The highest BCUT2D eigenvalue weighted by Crippen LogP contribution is 2.46. The molecular weight excluding hydrogens is 639 g/mol. The Hall–Kier alpha value is -6.42. The van der Waals surface area contributed by atoms with Crippen LogP contribution in [0.15, 0.2) is 192 Å². The van der Waals surface area contributed by atoms with Crippen molar-refractivity contribution in [2.75, 3.05) is 4.90 Å². The van der Waals surface area contributed by atoms with Gasteiger partial charge in [-0.25, -0.2) is 0 Å². The number of hydrogen-bond donors (Lipinski definition) is 0. The Morgan fingerprint density at radius 3 is 1.78 bits per heavy atom. The fourth-order valence-electron chi connectivity index (χ4n) is 7.46. The summed E-state index contributed by atoms with van der Waals surface area (Å²) >= 11 is 1.87. The minimum absolute atomic E-state index is 0.871. The molecule has 0 saturated carbocycles. The van der Waals surface area contributed by atoms with E-state index in [0.717, 1.165) is 39.0 Å². The second-order valence-corrected chi connectivity index (χ2v) is 14.0. The van der Waals surface area contributed by atoms with Crippen molar-refractivity contribution in [1.29, 1.82) is 0 Å². The average molecular weight is 670 g/mol. The summed E-state index contributed by atoms with van der Waals surface area (Å²) in [5.41, 5.74) is 12.2. The SMILES string of the molecule is c1ccc(-c2ccc(N(c3ccc(-c4ccccc4)c(-c4cccc5c4sc4ccccc45)c3)c3ccc4c(c3)oc3ccccc34)cc2)cc1. The summed E-state index contributed by atoms with van der Waals surface area (Å²) in [6, 6.07) is 67.4. The topological polar surface area (TPSA) is 16.4 Å². The Bertz CT molecular complexity index is 2850. The zero-order chi connectivity index (χ0) is 33.7. The molecule has 51 heavy (non-hydrogen) atoms. The minimum atomic E-state index is 0.871. The minimum Gasteiger partial charge on any atom is -0.456 e. The molecule has 2 nitrogen and oxygen atoms in total. The summed E-state index contributed by atoms with van der Waals surface area (Å²) in [5, 5.41) is 4.84. The fraction of sp³-hybridized carbons (Fsp3) is 0. The summed E-state index contributed by atoms with van der Waals surface area (Å²) in [7, 11) is 0. The van der Waals surface area contributed by atoms with Crippen molar-refractivity contribution in [3.8, 4) is 33.4 Å². The van der Waals surface area contributed by atoms with Gasteiger partial charge >= 0.3 is 0 Å². The predicted octanol–water partition coefficient (Wildman–Crippen LogP) is 14.4. The van der Waals surface area contributed by atoms with Gasteiger partial charge in [0.1, 0.15) is 11.2 Å². The Morgan fingerprint density at radius 1 is 0.353 bits per heavy atom. The van der Waals surface area contributed by atoms with Crippen LogP contribution < -0.4 is 4.90 Å². The summed E-state index contributed by atoms with van der Waals surface area (Å²) in [6.07, 6.45) is 0. The van der Waals surface area contributed by atoms with Gasteiger partial charge in [-0.1, -0.05) is 133 Å². The zero-order valence-corrected chi connectivity index (χ0v) is 28.5. The third-order valence-corrected chi connectivity index (χ3v) is 11.1. The number of furan rings is 1. The first-order valence-corrected chi connectivity index (χ1v) is 18.1. The molecule has 3 heteroatoms. The summed E-state index contributed by atoms with van der Waals surface area (Å²) in [4.78, 5) is 2.35. The summed E-state index contributed by atoms with van der Waals surface area (Å²) in [5.74, 6) is 0. The second-order valence-electron chi connectivity index (χ2n) is 12.9. The van der Waals surface area contributed by atoms with Crippen molar-refractivity contribution in [3.63, 3.8) is 0 Å². The van der Waals surface area contributed by atoms with Crippen molar-refractivity contribution in [2.24, 2.45) is 0 Å². The Balaban J connectivity index is 1.20. The molecule has 240 valence electrons. The molecule has 10 aromatic rings. The lowest BCUT2D eigenvalue weighted by molar-refractivity contribution is 0.669. The molecule has 0 unspecified atom stereocenters. The molecule has 0 spiro atoms. The van der Waals surface area contributed by atoms with Crippen LogP contribution in [0.3, 0.4) is 0 Å². The van der Waals surface area contributed by atoms with Gasteiger partial charge in [0.05, 0.1) is 0 Å². The quantitative estimate of drug-likeness (QED) is 0.175. The molecule has 0 radical (unpaired) electrons. The third kappa shape index (κ3) is 5.10. The number of thiophene rings is 1. The van der Waals surface area contributed by atoms with Gasteiger partial charge in [-0.05, 0) is 76.3 Å². The lowest BCUT2D eigenvalue weighted by Crippen LogP contribution is -2.10. The van der Waals surface area contributed by atoms with E-state index in [1.165, 1.54) is 53.6 Å². The molecule has 2 aromatic heterocycles. The number of rotatable bonds is 6. The molecule has 0 aliphatic rings. The molecule has 2 heterocycles. The zero-order valence-electron chi connectivity index (χ0n) is 27.7. The number of fused-ring (bicyclic) bond motifs is 6. The van der Waals surface area contributed by atoms with Gasteiger partial charge in [-0.15, -0.1) is 11.3 Å². The monoisotopic (exact) mass is 669 g/mol. The van der Waals surface area contributed by atoms with Crippen LogP contribution in [0.1, 0.15) is 0 Å². The van der Waals surface area contributed by atoms with Gasteiger partial charge in [0.15, 0.2) is 0 Å². The van der Waals surface area contributed by atoms with Gasteiger partial charge in [0.25, 0.3) is 0 Å². The molecule has 0 atom stereocenters. The molecule has 8 aromatic carbocycles. The van der Waals surface area contributed by atoms with Crippen LogP contribution in [0.25, 0.3) is 75.5 Å². The van der Waals surface area contributed by atoms with E-state index < -0.39 is 0 Å². The average Bonchev–Trinajstić information content (AvgIpc) is 3.77. The van der Waals surface area contributed by atoms with Gasteiger partial charge < -0.3 is 9.32 Å². The maximum Gasteiger partial charge on any atom is 0.137 e. The smallest absolute Gasteiger partial charge is 0.137 e. The van der Waals surface area contributed by atoms with E-state index in [0.29, 0.717) is 0 Å². The molecule has 0 aliphatic carbocycles. The van der Waals surface area contributed by atoms with E-state index in [1.807, 2.05) is 23.5 Å². The maximum absolute atomic E-state index is 6.41. The summed E-state index contributed by atoms with van der Waals surface area (Å²) < 4.78 is 9.02. The van der Waals surface area contributed by atoms with Crippen LogP contribution in [-0.2, 0) is 0 Å². The lowest BCUT2D eigenvalue weighted by Gasteiger charge is -2.27.